The topological polar surface area (TPSA) is 74.8 Å². The van der Waals surface area contributed by atoms with Crippen LogP contribution in [0.3, 0.4) is 0 Å². The second-order valence-electron chi connectivity index (χ2n) is 2.99. The van der Waals surface area contributed by atoms with E-state index >= 15 is 0 Å². The lowest BCUT2D eigenvalue weighted by Crippen LogP contribution is -2.09. The highest BCUT2D eigenvalue weighted by Gasteiger charge is 2.08. The van der Waals surface area contributed by atoms with E-state index in [0.29, 0.717) is 5.82 Å². The van der Waals surface area contributed by atoms with Gasteiger partial charge in [-0.05, 0) is 12.1 Å². The molecule has 5 nitrogen and oxygen atoms in total. The molecule has 0 unspecified atom stereocenters. The summed E-state index contributed by atoms with van der Waals surface area (Å²) in [6, 6.07) is 7.30. The molecule has 0 saturated heterocycles. The Balaban J connectivity index is 2.54. The first-order valence-electron chi connectivity index (χ1n) is 3.97. The fraction of sp³-hybridized carbons (Fsp3) is 0.125. The molecule has 6 heteroatoms. The molecule has 0 spiro atoms. The fourth-order valence-electron chi connectivity index (χ4n) is 1.22. The van der Waals surface area contributed by atoms with Crippen LogP contribution in [0, 0.1) is 0 Å². The van der Waals surface area contributed by atoms with Gasteiger partial charge in [-0.3, -0.25) is 9.82 Å². The highest BCUT2D eigenvalue weighted by molar-refractivity contribution is 7.92. The fourth-order valence-corrected chi connectivity index (χ4v) is 1.72. The number of nitrogens with zero attached hydrogens (tertiary/aromatic N) is 1. The Morgan fingerprint density at radius 1 is 1.36 bits per heavy atom. The number of nitrogens with one attached hydrogen (secondary N) is 2. The largest absolute Gasteiger partial charge is 0.276 e. The van der Waals surface area contributed by atoms with E-state index in [4.69, 9.17) is 0 Å². The molecule has 1 heterocycles. The van der Waals surface area contributed by atoms with E-state index in [0.717, 1.165) is 17.2 Å². The molecular formula is C8H9N3O2S. The van der Waals surface area contributed by atoms with Crippen LogP contribution < -0.4 is 4.72 Å². The van der Waals surface area contributed by atoms with Crippen LogP contribution in [0.15, 0.2) is 24.3 Å². The molecule has 2 N–H and O–H groups in total. The van der Waals surface area contributed by atoms with Crippen LogP contribution in [-0.4, -0.2) is 24.9 Å². The molecule has 0 atom stereocenters. The average molecular weight is 211 g/mol. The van der Waals surface area contributed by atoms with Crippen LogP contribution in [-0.2, 0) is 10.0 Å². The minimum absolute atomic E-state index is 0.336. The second kappa shape index (κ2) is 2.98. The first-order chi connectivity index (χ1) is 6.56. The van der Waals surface area contributed by atoms with E-state index in [1.807, 2.05) is 18.2 Å². The van der Waals surface area contributed by atoms with Gasteiger partial charge in [0.05, 0.1) is 11.8 Å². The first-order valence-corrected chi connectivity index (χ1v) is 5.86. The van der Waals surface area contributed by atoms with Crippen molar-refractivity contribution in [1.82, 2.24) is 10.2 Å². The molecule has 0 fully saturated rings. The molecular weight excluding hydrogens is 202 g/mol. The van der Waals surface area contributed by atoms with Crippen molar-refractivity contribution in [2.45, 2.75) is 0 Å². The highest BCUT2D eigenvalue weighted by Crippen LogP contribution is 2.19. The van der Waals surface area contributed by atoms with Gasteiger partial charge in [0.15, 0.2) is 5.82 Å². The normalized spacial score (nSPS) is 11.8. The summed E-state index contributed by atoms with van der Waals surface area (Å²) in [5.74, 6) is 0.336. The number of aromatic nitrogens is 2. The van der Waals surface area contributed by atoms with E-state index in [-0.39, 0.29) is 0 Å². The van der Waals surface area contributed by atoms with E-state index < -0.39 is 10.0 Å². The van der Waals surface area contributed by atoms with Crippen molar-refractivity contribution in [1.29, 1.82) is 0 Å². The van der Waals surface area contributed by atoms with Gasteiger partial charge in [0, 0.05) is 5.39 Å². The summed E-state index contributed by atoms with van der Waals surface area (Å²) in [6.07, 6.45) is 1.09. The molecule has 0 aliphatic carbocycles. The maximum absolute atomic E-state index is 11.0. The lowest BCUT2D eigenvalue weighted by atomic mass is 10.2. The summed E-state index contributed by atoms with van der Waals surface area (Å²) in [5, 5.41) is 7.36. The summed E-state index contributed by atoms with van der Waals surface area (Å²) in [4.78, 5) is 0. The molecule has 0 bridgehead atoms. The lowest BCUT2D eigenvalue weighted by Gasteiger charge is -1.98. The molecule has 14 heavy (non-hydrogen) atoms. The molecule has 0 aliphatic heterocycles. The minimum atomic E-state index is -3.27. The summed E-state index contributed by atoms with van der Waals surface area (Å²) >= 11 is 0. The van der Waals surface area contributed by atoms with Crippen molar-refractivity contribution >= 4 is 26.7 Å². The van der Waals surface area contributed by atoms with Gasteiger partial charge in [-0.15, -0.1) is 0 Å². The molecule has 2 aromatic rings. The Hall–Kier alpha value is -1.56. The van der Waals surface area contributed by atoms with E-state index in [1.165, 1.54) is 0 Å². The SMILES string of the molecule is CS(=O)(=O)Nc1n[nH]c2ccccc12. The number of sulfonamides is 1. The third-order valence-corrected chi connectivity index (χ3v) is 2.32. The molecule has 1 aromatic carbocycles. The summed E-state index contributed by atoms with van der Waals surface area (Å²) < 4.78 is 24.3. The third-order valence-electron chi connectivity index (χ3n) is 1.75. The number of para-hydroxylation sites is 1. The van der Waals surface area contributed by atoms with Crippen molar-refractivity contribution in [3.8, 4) is 0 Å². The Morgan fingerprint density at radius 3 is 2.79 bits per heavy atom. The van der Waals surface area contributed by atoms with Gasteiger partial charge < -0.3 is 0 Å². The van der Waals surface area contributed by atoms with Crippen molar-refractivity contribution in [2.75, 3.05) is 11.0 Å². The average Bonchev–Trinajstić information content (AvgIpc) is 2.47. The maximum Gasteiger partial charge on any atom is 0.231 e. The number of fused-ring (bicyclic) bond motifs is 1. The zero-order valence-corrected chi connectivity index (χ0v) is 8.30. The molecule has 0 radical (unpaired) electrons. The first kappa shape index (κ1) is 9.01. The van der Waals surface area contributed by atoms with Gasteiger partial charge in [-0.1, -0.05) is 12.1 Å². The van der Waals surface area contributed by atoms with Crippen molar-refractivity contribution in [3.05, 3.63) is 24.3 Å². The van der Waals surface area contributed by atoms with Crippen LogP contribution in [0.25, 0.3) is 10.9 Å². The van der Waals surface area contributed by atoms with Crippen molar-refractivity contribution < 1.29 is 8.42 Å². The monoisotopic (exact) mass is 211 g/mol. The van der Waals surface area contributed by atoms with Gasteiger partial charge in [-0.2, -0.15) is 5.10 Å². The molecule has 74 valence electrons. The van der Waals surface area contributed by atoms with Gasteiger partial charge >= 0.3 is 0 Å². The molecule has 0 aliphatic rings. The summed E-state index contributed by atoms with van der Waals surface area (Å²) in [7, 11) is -3.27. The number of rotatable bonds is 2. The highest BCUT2D eigenvalue weighted by atomic mass is 32.2. The van der Waals surface area contributed by atoms with E-state index in [2.05, 4.69) is 14.9 Å². The van der Waals surface area contributed by atoms with Crippen molar-refractivity contribution in [3.63, 3.8) is 0 Å². The van der Waals surface area contributed by atoms with Crippen LogP contribution in [0.5, 0.6) is 0 Å². The van der Waals surface area contributed by atoms with E-state index in [1.54, 1.807) is 6.07 Å². The van der Waals surface area contributed by atoms with Crippen LogP contribution in [0.1, 0.15) is 0 Å². The quantitative estimate of drug-likeness (QED) is 0.776. The molecule has 2 rings (SSSR count). The Kier molecular flexibility index (Phi) is 1.92. The number of benzene rings is 1. The van der Waals surface area contributed by atoms with Gasteiger partial charge in [0.2, 0.25) is 10.0 Å². The maximum atomic E-state index is 11.0. The second-order valence-corrected chi connectivity index (χ2v) is 4.74. The molecule has 0 saturated carbocycles. The molecule has 1 aromatic heterocycles. The zero-order chi connectivity index (χ0) is 10.2. The number of H-pyrrole nitrogens is 1. The summed E-state index contributed by atoms with van der Waals surface area (Å²) in [6.45, 7) is 0. The Labute approximate surface area is 81.2 Å². The number of anilines is 1. The number of aromatic amines is 1. The standard InChI is InChI=1S/C8H9N3O2S/c1-14(12,13)11-8-6-4-2-3-5-7(6)9-10-8/h2-5H,1H3,(H2,9,10,11). The minimum Gasteiger partial charge on any atom is -0.276 e. The van der Waals surface area contributed by atoms with Crippen LogP contribution >= 0.6 is 0 Å². The lowest BCUT2D eigenvalue weighted by molar-refractivity contribution is 0.606. The Morgan fingerprint density at radius 2 is 2.07 bits per heavy atom. The predicted molar refractivity (Wildman–Crippen MR) is 54.6 cm³/mol. The van der Waals surface area contributed by atoms with Gasteiger partial charge in [0.25, 0.3) is 0 Å². The molecule has 0 amide bonds. The van der Waals surface area contributed by atoms with Crippen molar-refractivity contribution in [2.24, 2.45) is 0 Å². The van der Waals surface area contributed by atoms with Crippen LogP contribution in [0.4, 0.5) is 5.82 Å². The third kappa shape index (κ3) is 1.69. The predicted octanol–water partition coefficient (Wildman–Crippen LogP) is 0.934. The zero-order valence-electron chi connectivity index (χ0n) is 7.48. The van der Waals surface area contributed by atoms with Crippen LogP contribution in [0.2, 0.25) is 0 Å². The number of hydrogen-bond acceptors (Lipinski definition) is 3. The van der Waals surface area contributed by atoms with E-state index in [9.17, 15) is 8.42 Å². The number of hydrogen-bond donors (Lipinski definition) is 2. The van der Waals surface area contributed by atoms with Gasteiger partial charge in [-0.25, -0.2) is 8.42 Å². The smallest absolute Gasteiger partial charge is 0.231 e. The Bertz CT molecular complexity index is 559. The summed E-state index contributed by atoms with van der Waals surface area (Å²) in [5.41, 5.74) is 0.804. The van der Waals surface area contributed by atoms with Gasteiger partial charge in [0.1, 0.15) is 0 Å².